The van der Waals surface area contributed by atoms with Gasteiger partial charge in [-0.1, -0.05) is 6.07 Å². The number of carbonyl (C=O) groups excluding carboxylic acids is 1. The van der Waals surface area contributed by atoms with Crippen LogP contribution >= 0.6 is 0 Å². The minimum atomic E-state index is -4.57. The SMILES string of the molecule is CC(Oc1ccc(CN)cc1C(F)(F)F)C(=O)N(C)C. The lowest BCUT2D eigenvalue weighted by Gasteiger charge is -2.21. The third kappa shape index (κ3) is 3.86. The topological polar surface area (TPSA) is 55.6 Å². The molecule has 4 nitrogen and oxygen atoms in total. The van der Waals surface area contributed by atoms with Crippen LogP contribution in [-0.4, -0.2) is 31.0 Å². The molecular weight excluding hydrogens is 273 g/mol. The molecule has 0 heterocycles. The smallest absolute Gasteiger partial charge is 0.419 e. The van der Waals surface area contributed by atoms with Crippen molar-refractivity contribution in [1.29, 1.82) is 0 Å². The van der Waals surface area contributed by atoms with E-state index in [1.165, 1.54) is 38.1 Å². The Kier molecular flexibility index (Phi) is 4.99. The number of alkyl halides is 3. The third-order valence-corrected chi connectivity index (χ3v) is 2.68. The van der Waals surface area contributed by atoms with Crippen molar-refractivity contribution >= 4 is 5.91 Å². The van der Waals surface area contributed by atoms with E-state index in [4.69, 9.17) is 10.5 Å². The number of nitrogens with zero attached hydrogens (tertiary/aromatic N) is 1. The second-order valence-corrected chi connectivity index (χ2v) is 4.53. The number of rotatable bonds is 4. The molecule has 0 radical (unpaired) electrons. The van der Waals surface area contributed by atoms with Gasteiger partial charge in [-0.15, -0.1) is 0 Å². The highest BCUT2D eigenvalue weighted by atomic mass is 19.4. The number of halogens is 3. The number of amides is 1. The summed E-state index contributed by atoms with van der Waals surface area (Å²) in [7, 11) is 3.01. The van der Waals surface area contributed by atoms with Gasteiger partial charge in [-0.3, -0.25) is 4.79 Å². The molecule has 0 aliphatic heterocycles. The number of hydrogen-bond donors (Lipinski definition) is 1. The predicted octanol–water partition coefficient (Wildman–Crippen LogP) is 2.02. The number of ether oxygens (including phenoxy) is 1. The summed E-state index contributed by atoms with van der Waals surface area (Å²) in [4.78, 5) is 12.9. The van der Waals surface area contributed by atoms with E-state index < -0.39 is 23.8 Å². The van der Waals surface area contributed by atoms with Gasteiger partial charge in [-0.05, 0) is 24.6 Å². The average Bonchev–Trinajstić information content (AvgIpc) is 2.36. The van der Waals surface area contributed by atoms with E-state index in [9.17, 15) is 18.0 Å². The Morgan fingerprint density at radius 3 is 2.45 bits per heavy atom. The molecule has 1 atom stereocenters. The molecule has 0 aromatic heterocycles. The van der Waals surface area contributed by atoms with Crippen LogP contribution in [0.25, 0.3) is 0 Å². The zero-order valence-corrected chi connectivity index (χ0v) is 11.5. The maximum absolute atomic E-state index is 13.0. The van der Waals surface area contributed by atoms with E-state index in [-0.39, 0.29) is 12.3 Å². The maximum atomic E-state index is 13.0. The second kappa shape index (κ2) is 6.13. The molecule has 1 aromatic carbocycles. The summed E-state index contributed by atoms with van der Waals surface area (Å²) in [6, 6.07) is 3.56. The van der Waals surface area contributed by atoms with Gasteiger partial charge in [0.05, 0.1) is 5.56 Å². The highest BCUT2D eigenvalue weighted by Gasteiger charge is 2.35. The minimum absolute atomic E-state index is 0.00442. The van der Waals surface area contributed by atoms with Gasteiger partial charge >= 0.3 is 6.18 Å². The van der Waals surface area contributed by atoms with Gasteiger partial charge in [0.2, 0.25) is 0 Å². The first-order valence-electron chi connectivity index (χ1n) is 5.94. The van der Waals surface area contributed by atoms with Crippen LogP contribution in [0, 0.1) is 0 Å². The minimum Gasteiger partial charge on any atom is -0.480 e. The van der Waals surface area contributed by atoms with Crippen molar-refractivity contribution in [2.75, 3.05) is 14.1 Å². The number of carbonyl (C=O) groups is 1. The molecule has 7 heteroatoms. The first-order valence-corrected chi connectivity index (χ1v) is 5.94. The highest BCUT2D eigenvalue weighted by Crippen LogP contribution is 2.37. The molecule has 0 aliphatic rings. The Bertz CT molecular complexity index is 487. The van der Waals surface area contributed by atoms with Gasteiger partial charge < -0.3 is 15.4 Å². The van der Waals surface area contributed by atoms with E-state index in [0.29, 0.717) is 5.56 Å². The lowest BCUT2D eigenvalue weighted by atomic mass is 10.1. The van der Waals surface area contributed by atoms with Crippen molar-refractivity contribution in [3.8, 4) is 5.75 Å². The monoisotopic (exact) mass is 290 g/mol. The van der Waals surface area contributed by atoms with Crippen LogP contribution in [0.1, 0.15) is 18.1 Å². The highest BCUT2D eigenvalue weighted by molar-refractivity contribution is 5.80. The van der Waals surface area contributed by atoms with Crippen molar-refractivity contribution in [3.63, 3.8) is 0 Å². The molecule has 0 saturated carbocycles. The molecule has 112 valence electrons. The number of nitrogens with two attached hydrogens (primary N) is 1. The summed E-state index contributed by atoms with van der Waals surface area (Å²) >= 11 is 0. The van der Waals surface area contributed by atoms with E-state index in [0.717, 1.165) is 6.07 Å². The van der Waals surface area contributed by atoms with Gasteiger partial charge in [0.15, 0.2) is 6.10 Å². The second-order valence-electron chi connectivity index (χ2n) is 4.53. The Morgan fingerprint density at radius 2 is 2.00 bits per heavy atom. The molecule has 0 aliphatic carbocycles. The fourth-order valence-electron chi connectivity index (χ4n) is 1.63. The lowest BCUT2D eigenvalue weighted by molar-refractivity contribution is -0.142. The quantitative estimate of drug-likeness (QED) is 0.923. The molecular formula is C13H17F3N2O2. The summed E-state index contributed by atoms with van der Waals surface area (Å²) < 4.78 is 44.0. The molecule has 0 bridgehead atoms. The normalized spacial score (nSPS) is 12.9. The number of likely N-dealkylation sites (N-methyl/N-ethyl adjacent to an activating group) is 1. The van der Waals surface area contributed by atoms with Crippen LogP contribution in [0.3, 0.4) is 0 Å². The number of hydrogen-bond acceptors (Lipinski definition) is 3. The molecule has 1 aromatic rings. The summed E-state index contributed by atoms with van der Waals surface area (Å²) in [6.45, 7) is 1.40. The Balaban J connectivity index is 3.09. The van der Waals surface area contributed by atoms with Crippen LogP contribution in [-0.2, 0) is 17.5 Å². The molecule has 0 fully saturated rings. The predicted molar refractivity (Wildman–Crippen MR) is 68.1 cm³/mol. The third-order valence-electron chi connectivity index (χ3n) is 2.68. The fourth-order valence-corrected chi connectivity index (χ4v) is 1.63. The Morgan fingerprint density at radius 1 is 1.40 bits per heavy atom. The Hall–Kier alpha value is -1.76. The first kappa shape index (κ1) is 16.3. The van der Waals surface area contributed by atoms with Gasteiger partial charge in [0, 0.05) is 20.6 Å². The maximum Gasteiger partial charge on any atom is 0.419 e. The Labute approximate surface area is 115 Å². The van der Waals surface area contributed by atoms with E-state index in [1.807, 2.05) is 0 Å². The molecule has 20 heavy (non-hydrogen) atoms. The van der Waals surface area contributed by atoms with Crippen LogP contribution < -0.4 is 10.5 Å². The number of benzene rings is 1. The summed E-state index contributed by atoms with van der Waals surface area (Å²) in [6.07, 6.45) is -5.57. The van der Waals surface area contributed by atoms with Crippen LogP contribution in [0.2, 0.25) is 0 Å². The van der Waals surface area contributed by atoms with Crippen molar-refractivity contribution in [1.82, 2.24) is 4.90 Å². The standard InChI is InChI=1S/C13H17F3N2O2/c1-8(12(19)18(2)3)20-11-5-4-9(7-17)6-10(11)13(14,15)16/h4-6,8H,7,17H2,1-3H3. The van der Waals surface area contributed by atoms with Crippen molar-refractivity contribution in [2.24, 2.45) is 5.73 Å². The first-order chi connectivity index (χ1) is 9.16. The molecule has 1 rings (SSSR count). The molecule has 0 saturated heterocycles. The lowest BCUT2D eigenvalue weighted by Crippen LogP contribution is -2.35. The largest absolute Gasteiger partial charge is 0.480 e. The van der Waals surface area contributed by atoms with Gasteiger partial charge in [-0.25, -0.2) is 0 Å². The molecule has 1 unspecified atom stereocenters. The molecule has 0 spiro atoms. The van der Waals surface area contributed by atoms with Gasteiger partial charge in [-0.2, -0.15) is 13.2 Å². The van der Waals surface area contributed by atoms with E-state index in [1.54, 1.807) is 0 Å². The van der Waals surface area contributed by atoms with Crippen LogP contribution in [0.5, 0.6) is 5.75 Å². The zero-order chi connectivity index (χ0) is 15.5. The average molecular weight is 290 g/mol. The van der Waals surface area contributed by atoms with Gasteiger partial charge in [0.1, 0.15) is 5.75 Å². The molecule has 2 N–H and O–H groups in total. The van der Waals surface area contributed by atoms with E-state index in [2.05, 4.69) is 0 Å². The van der Waals surface area contributed by atoms with Crippen LogP contribution in [0.4, 0.5) is 13.2 Å². The zero-order valence-electron chi connectivity index (χ0n) is 11.5. The van der Waals surface area contributed by atoms with Crippen molar-refractivity contribution < 1.29 is 22.7 Å². The van der Waals surface area contributed by atoms with Gasteiger partial charge in [0.25, 0.3) is 5.91 Å². The summed E-state index contributed by atoms with van der Waals surface area (Å²) in [5.41, 5.74) is 4.74. The fraction of sp³-hybridized carbons (Fsp3) is 0.462. The van der Waals surface area contributed by atoms with Crippen LogP contribution in [0.15, 0.2) is 18.2 Å². The summed E-state index contributed by atoms with van der Waals surface area (Å²) in [5, 5.41) is 0. The summed E-state index contributed by atoms with van der Waals surface area (Å²) in [5.74, 6) is -0.793. The van der Waals surface area contributed by atoms with Crippen molar-refractivity contribution in [2.45, 2.75) is 25.7 Å². The van der Waals surface area contributed by atoms with E-state index >= 15 is 0 Å². The molecule has 1 amide bonds. The van der Waals surface area contributed by atoms with Crippen molar-refractivity contribution in [3.05, 3.63) is 29.3 Å².